The SMILES string of the molecule is CO[Si](CCCc1ccc(OCC2CO2)cc1)(OC)OC. The lowest BCUT2D eigenvalue weighted by Crippen LogP contribution is -2.42. The molecule has 0 bridgehead atoms. The van der Waals surface area contributed by atoms with E-state index in [-0.39, 0.29) is 0 Å². The van der Waals surface area contributed by atoms with Crippen LogP contribution in [0.15, 0.2) is 24.3 Å². The largest absolute Gasteiger partial charge is 0.500 e. The number of epoxide rings is 1. The fourth-order valence-corrected chi connectivity index (χ4v) is 3.89. The number of hydrogen-bond acceptors (Lipinski definition) is 5. The van der Waals surface area contributed by atoms with E-state index in [4.69, 9.17) is 22.8 Å². The minimum Gasteiger partial charge on any atom is -0.491 e. The molecule has 118 valence electrons. The molecule has 1 saturated heterocycles. The molecule has 1 unspecified atom stereocenters. The molecule has 0 aliphatic carbocycles. The fourth-order valence-electron chi connectivity index (χ4n) is 2.17. The maximum atomic E-state index is 5.62. The van der Waals surface area contributed by atoms with Crippen LogP contribution in [-0.2, 0) is 24.4 Å². The summed E-state index contributed by atoms with van der Waals surface area (Å²) in [4.78, 5) is 0. The van der Waals surface area contributed by atoms with Gasteiger partial charge in [-0.05, 0) is 30.5 Å². The van der Waals surface area contributed by atoms with E-state index in [0.717, 1.165) is 31.2 Å². The maximum Gasteiger partial charge on any atom is 0.500 e. The van der Waals surface area contributed by atoms with Gasteiger partial charge >= 0.3 is 8.80 Å². The molecule has 6 heteroatoms. The third kappa shape index (κ3) is 5.08. The van der Waals surface area contributed by atoms with E-state index in [1.807, 2.05) is 12.1 Å². The van der Waals surface area contributed by atoms with Gasteiger partial charge in [0, 0.05) is 27.4 Å². The van der Waals surface area contributed by atoms with Crippen molar-refractivity contribution in [2.75, 3.05) is 34.5 Å². The first-order valence-corrected chi connectivity index (χ1v) is 9.13. The van der Waals surface area contributed by atoms with Crippen LogP contribution >= 0.6 is 0 Å². The van der Waals surface area contributed by atoms with Crippen LogP contribution in [0, 0.1) is 0 Å². The highest BCUT2D eigenvalue weighted by Crippen LogP contribution is 2.19. The lowest BCUT2D eigenvalue weighted by molar-refractivity contribution is 0.123. The van der Waals surface area contributed by atoms with Crippen LogP contribution in [0.5, 0.6) is 5.75 Å². The van der Waals surface area contributed by atoms with Gasteiger partial charge in [0.05, 0.1) is 6.61 Å². The lowest BCUT2D eigenvalue weighted by atomic mass is 10.1. The van der Waals surface area contributed by atoms with Gasteiger partial charge in [0.2, 0.25) is 0 Å². The summed E-state index contributed by atoms with van der Waals surface area (Å²) in [5.74, 6) is 0.892. The molecule has 1 aliphatic heterocycles. The van der Waals surface area contributed by atoms with E-state index in [1.54, 1.807) is 21.3 Å². The van der Waals surface area contributed by atoms with Crippen molar-refractivity contribution >= 4 is 8.80 Å². The van der Waals surface area contributed by atoms with E-state index in [1.165, 1.54) is 5.56 Å². The third-order valence-corrected chi connectivity index (χ3v) is 6.47. The molecular weight excluding hydrogens is 288 g/mol. The highest BCUT2D eigenvalue weighted by Gasteiger charge is 2.36. The Bertz CT molecular complexity index is 406. The van der Waals surface area contributed by atoms with Crippen LogP contribution in [0.1, 0.15) is 12.0 Å². The summed E-state index contributed by atoms with van der Waals surface area (Å²) in [6.07, 6.45) is 2.23. The fraction of sp³-hybridized carbons (Fsp3) is 0.600. The number of rotatable bonds is 10. The van der Waals surface area contributed by atoms with Crippen molar-refractivity contribution in [3.8, 4) is 5.75 Å². The van der Waals surface area contributed by atoms with Gasteiger partial charge in [-0.15, -0.1) is 0 Å². The molecule has 2 rings (SSSR count). The second-order valence-electron chi connectivity index (χ2n) is 5.06. The minimum atomic E-state index is -2.44. The topological polar surface area (TPSA) is 49.5 Å². The first kappa shape index (κ1) is 16.4. The number of aryl methyl sites for hydroxylation is 1. The Labute approximate surface area is 127 Å². The minimum absolute atomic E-state index is 0.292. The average molecular weight is 312 g/mol. The molecule has 21 heavy (non-hydrogen) atoms. The monoisotopic (exact) mass is 312 g/mol. The molecule has 0 aromatic heterocycles. The van der Waals surface area contributed by atoms with Crippen molar-refractivity contribution in [2.24, 2.45) is 0 Å². The van der Waals surface area contributed by atoms with Gasteiger partial charge in [-0.1, -0.05) is 12.1 Å². The normalized spacial score (nSPS) is 17.8. The lowest BCUT2D eigenvalue weighted by Gasteiger charge is -2.24. The Balaban J connectivity index is 1.74. The molecule has 0 spiro atoms. The summed E-state index contributed by atoms with van der Waals surface area (Å²) in [6.45, 7) is 1.46. The van der Waals surface area contributed by atoms with Crippen molar-refractivity contribution in [1.82, 2.24) is 0 Å². The van der Waals surface area contributed by atoms with Crippen molar-refractivity contribution in [1.29, 1.82) is 0 Å². The maximum absolute atomic E-state index is 5.62. The zero-order chi connectivity index (χ0) is 15.1. The molecule has 1 aromatic rings. The Morgan fingerprint density at radius 1 is 1.10 bits per heavy atom. The standard InChI is InChI=1S/C15H24O5Si/c1-16-21(17-2,18-3)10-4-5-13-6-8-14(9-7-13)19-11-15-12-20-15/h6-9,15H,4-5,10-12H2,1-3H3. The van der Waals surface area contributed by atoms with E-state index in [9.17, 15) is 0 Å². The van der Waals surface area contributed by atoms with Gasteiger partial charge < -0.3 is 22.8 Å². The van der Waals surface area contributed by atoms with Gasteiger partial charge in [-0.25, -0.2) is 0 Å². The number of ether oxygens (including phenoxy) is 2. The van der Waals surface area contributed by atoms with Crippen molar-refractivity contribution in [2.45, 2.75) is 25.0 Å². The smallest absolute Gasteiger partial charge is 0.491 e. The summed E-state index contributed by atoms with van der Waals surface area (Å²) in [7, 11) is 2.50. The molecule has 0 saturated carbocycles. The molecule has 1 fully saturated rings. The Hall–Kier alpha value is -0.923. The molecule has 0 radical (unpaired) electrons. The van der Waals surface area contributed by atoms with Crippen LogP contribution in [0.3, 0.4) is 0 Å². The van der Waals surface area contributed by atoms with Crippen molar-refractivity contribution < 1.29 is 22.8 Å². The number of hydrogen-bond donors (Lipinski definition) is 0. The molecule has 5 nitrogen and oxygen atoms in total. The Morgan fingerprint density at radius 2 is 1.71 bits per heavy atom. The van der Waals surface area contributed by atoms with Gasteiger partial charge in [0.1, 0.15) is 18.5 Å². The van der Waals surface area contributed by atoms with Crippen LogP contribution in [0.4, 0.5) is 0 Å². The van der Waals surface area contributed by atoms with E-state index < -0.39 is 8.80 Å². The zero-order valence-electron chi connectivity index (χ0n) is 13.0. The summed E-state index contributed by atoms with van der Waals surface area (Å²) in [5.41, 5.74) is 1.27. The molecule has 1 atom stereocenters. The summed E-state index contributed by atoms with van der Waals surface area (Å²) in [5, 5.41) is 0. The molecular formula is C15H24O5Si. The first-order chi connectivity index (χ1) is 10.2. The second kappa shape index (κ2) is 7.91. The van der Waals surface area contributed by atoms with Gasteiger partial charge in [-0.3, -0.25) is 0 Å². The predicted octanol–water partition coefficient (Wildman–Crippen LogP) is 2.27. The molecule has 0 amide bonds. The Kier molecular flexibility index (Phi) is 6.19. The van der Waals surface area contributed by atoms with Gasteiger partial charge in [0.15, 0.2) is 0 Å². The molecule has 0 N–H and O–H groups in total. The van der Waals surface area contributed by atoms with Crippen LogP contribution < -0.4 is 4.74 Å². The molecule has 1 aliphatic rings. The van der Waals surface area contributed by atoms with Crippen LogP contribution in [-0.4, -0.2) is 49.5 Å². The van der Waals surface area contributed by atoms with E-state index >= 15 is 0 Å². The summed E-state index contributed by atoms with van der Waals surface area (Å²) in [6, 6.07) is 9.02. The summed E-state index contributed by atoms with van der Waals surface area (Å²) >= 11 is 0. The molecule has 1 aromatic carbocycles. The number of benzene rings is 1. The summed E-state index contributed by atoms with van der Waals surface area (Å²) < 4.78 is 27.0. The van der Waals surface area contributed by atoms with E-state index in [2.05, 4.69) is 12.1 Å². The first-order valence-electron chi connectivity index (χ1n) is 7.20. The highest BCUT2D eigenvalue weighted by atomic mass is 28.4. The zero-order valence-corrected chi connectivity index (χ0v) is 14.0. The van der Waals surface area contributed by atoms with Crippen LogP contribution in [0.25, 0.3) is 0 Å². The van der Waals surface area contributed by atoms with Crippen molar-refractivity contribution in [3.05, 3.63) is 29.8 Å². The quantitative estimate of drug-likeness (QED) is 0.490. The van der Waals surface area contributed by atoms with Gasteiger partial charge in [0.25, 0.3) is 0 Å². The van der Waals surface area contributed by atoms with E-state index in [0.29, 0.717) is 12.7 Å². The van der Waals surface area contributed by atoms with Gasteiger partial charge in [-0.2, -0.15) is 0 Å². The van der Waals surface area contributed by atoms with Crippen LogP contribution in [0.2, 0.25) is 6.04 Å². The van der Waals surface area contributed by atoms with Crippen molar-refractivity contribution in [3.63, 3.8) is 0 Å². The predicted molar refractivity (Wildman–Crippen MR) is 81.6 cm³/mol. The third-order valence-electron chi connectivity index (χ3n) is 3.64. The second-order valence-corrected chi connectivity index (χ2v) is 8.15. The molecule has 1 heterocycles. The average Bonchev–Trinajstić information content (AvgIpc) is 3.36. The highest BCUT2D eigenvalue weighted by molar-refractivity contribution is 6.60. The Morgan fingerprint density at radius 3 is 2.24 bits per heavy atom.